The van der Waals surface area contributed by atoms with Crippen molar-refractivity contribution in [2.75, 3.05) is 22.6 Å². The van der Waals surface area contributed by atoms with Gasteiger partial charge in [0.25, 0.3) is 0 Å². The smallest absolute Gasteiger partial charge is 0.311 e. The molecule has 28 heavy (non-hydrogen) atoms. The third kappa shape index (κ3) is 5.72. The van der Waals surface area contributed by atoms with E-state index in [0.29, 0.717) is 26.9 Å². The van der Waals surface area contributed by atoms with Gasteiger partial charge < -0.3 is 10.1 Å². The van der Waals surface area contributed by atoms with Gasteiger partial charge in [0.15, 0.2) is 9.47 Å². The molecule has 2 aromatic rings. The molecule has 150 valence electrons. The van der Waals surface area contributed by atoms with E-state index in [-0.39, 0.29) is 36.0 Å². The number of rotatable bonds is 9. The van der Waals surface area contributed by atoms with E-state index in [1.165, 1.54) is 41.4 Å². The zero-order valence-corrected chi connectivity index (χ0v) is 17.8. The molecule has 3 rings (SSSR count). The zero-order chi connectivity index (χ0) is 20.1. The molecule has 2 heterocycles. The molecule has 0 radical (unpaired) electrons. The fourth-order valence-corrected chi connectivity index (χ4v) is 4.81. The molecule has 1 aliphatic rings. The van der Waals surface area contributed by atoms with Crippen LogP contribution in [0.1, 0.15) is 32.4 Å². The Balaban J connectivity index is 1.48. The van der Waals surface area contributed by atoms with Crippen LogP contribution in [0.4, 0.5) is 10.3 Å². The predicted molar refractivity (Wildman–Crippen MR) is 108 cm³/mol. The summed E-state index contributed by atoms with van der Waals surface area (Å²) in [7, 11) is 0. The number of thioether (sulfide) groups is 1. The summed E-state index contributed by atoms with van der Waals surface area (Å²) < 4.78 is 5.50. The number of hydrogen-bond acceptors (Lipinski definition) is 10. The van der Waals surface area contributed by atoms with Crippen molar-refractivity contribution in [3.63, 3.8) is 0 Å². The first-order valence-electron chi connectivity index (χ1n) is 8.62. The van der Waals surface area contributed by atoms with Crippen LogP contribution in [0.15, 0.2) is 9.72 Å². The Morgan fingerprint density at radius 3 is 2.82 bits per heavy atom. The Bertz CT molecular complexity index is 864. The minimum atomic E-state index is -0.348. The van der Waals surface area contributed by atoms with Crippen LogP contribution in [0, 0.1) is 0 Å². The van der Waals surface area contributed by atoms with Gasteiger partial charge in [0.1, 0.15) is 0 Å². The summed E-state index contributed by atoms with van der Waals surface area (Å²) in [6.07, 6.45) is 2.04. The first kappa shape index (κ1) is 20.7. The van der Waals surface area contributed by atoms with E-state index in [1.807, 2.05) is 0 Å². The third-order valence-corrected chi connectivity index (χ3v) is 6.47. The summed E-state index contributed by atoms with van der Waals surface area (Å²) in [5.74, 6) is -0.482. The minimum absolute atomic E-state index is 0.0460. The second-order valence-electron chi connectivity index (χ2n) is 5.93. The number of ether oxygens (including phenoxy) is 1. The van der Waals surface area contributed by atoms with Gasteiger partial charge in [0.2, 0.25) is 16.9 Å². The van der Waals surface area contributed by atoms with E-state index in [2.05, 4.69) is 20.5 Å². The molecular weight excluding hydrogens is 422 g/mol. The Morgan fingerprint density at radius 1 is 1.36 bits per heavy atom. The van der Waals surface area contributed by atoms with Crippen molar-refractivity contribution in [1.82, 2.24) is 15.2 Å². The molecule has 0 aliphatic heterocycles. The van der Waals surface area contributed by atoms with Gasteiger partial charge in [0.05, 0.1) is 24.5 Å². The largest absolute Gasteiger partial charge is 0.466 e. The normalized spacial score (nSPS) is 13.2. The molecule has 0 aromatic carbocycles. The van der Waals surface area contributed by atoms with Gasteiger partial charge in [-0.05, 0) is 19.8 Å². The Morgan fingerprint density at radius 2 is 2.14 bits per heavy atom. The Kier molecular flexibility index (Phi) is 6.97. The van der Waals surface area contributed by atoms with Gasteiger partial charge in [-0.25, -0.2) is 4.98 Å². The molecule has 12 heteroatoms. The van der Waals surface area contributed by atoms with Crippen molar-refractivity contribution in [3.05, 3.63) is 11.1 Å². The lowest BCUT2D eigenvalue weighted by Gasteiger charge is -2.15. The highest BCUT2D eigenvalue weighted by Gasteiger charge is 2.34. The number of amides is 2. The number of aromatic nitrogens is 3. The fourth-order valence-electron chi connectivity index (χ4n) is 2.33. The molecule has 1 fully saturated rings. The maximum absolute atomic E-state index is 12.1. The van der Waals surface area contributed by atoms with E-state index < -0.39 is 0 Å². The number of esters is 1. The summed E-state index contributed by atoms with van der Waals surface area (Å²) in [5.41, 5.74) is 0.560. The van der Waals surface area contributed by atoms with Crippen LogP contribution in [0.2, 0.25) is 0 Å². The Labute approximate surface area is 173 Å². The van der Waals surface area contributed by atoms with E-state index in [4.69, 9.17) is 4.74 Å². The van der Waals surface area contributed by atoms with Gasteiger partial charge in [-0.3, -0.25) is 19.3 Å². The Hall–Kier alpha value is -2.05. The van der Waals surface area contributed by atoms with Crippen LogP contribution < -0.4 is 10.2 Å². The van der Waals surface area contributed by atoms with Gasteiger partial charge in [0, 0.05) is 18.3 Å². The molecule has 0 atom stereocenters. The van der Waals surface area contributed by atoms with Crippen LogP contribution in [0.3, 0.4) is 0 Å². The summed E-state index contributed by atoms with van der Waals surface area (Å²) in [4.78, 5) is 41.2. The molecule has 9 nitrogen and oxygen atoms in total. The quantitative estimate of drug-likeness (QED) is 0.358. The van der Waals surface area contributed by atoms with Crippen molar-refractivity contribution in [1.29, 1.82) is 0 Å². The average molecular weight is 442 g/mol. The summed E-state index contributed by atoms with van der Waals surface area (Å²) in [6.45, 7) is 3.58. The van der Waals surface area contributed by atoms with E-state index in [0.717, 1.165) is 12.8 Å². The van der Waals surface area contributed by atoms with Gasteiger partial charge >= 0.3 is 5.97 Å². The average Bonchev–Trinajstić information content (AvgIpc) is 3.18. The molecular formula is C16H19N5O4S3. The number of anilines is 2. The molecule has 1 N–H and O–H groups in total. The zero-order valence-electron chi connectivity index (χ0n) is 15.3. The molecule has 1 aliphatic carbocycles. The summed E-state index contributed by atoms with van der Waals surface area (Å²) in [5, 5.41) is 13.5. The molecule has 1 saturated carbocycles. The van der Waals surface area contributed by atoms with Crippen molar-refractivity contribution < 1.29 is 19.1 Å². The standard InChI is InChI=1S/C16H19N5O4S3/c1-3-25-13(24)6-10-7-26-14(17-10)18-12(23)8-27-16-20-19-15(28-16)21(9(2)22)11-4-5-11/h7,11H,3-6,8H2,1-2H3,(H,17,18,23). The van der Waals surface area contributed by atoms with Crippen LogP contribution in [-0.2, 0) is 25.5 Å². The number of carbonyl (C=O) groups is 3. The second-order valence-corrected chi connectivity index (χ2v) is 8.97. The van der Waals surface area contributed by atoms with Crippen molar-refractivity contribution >= 4 is 62.5 Å². The highest BCUT2D eigenvalue weighted by Crippen LogP contribution is 2.35. The number of hydrogen-bond donors (Lipinski definition) is 1. The first-order valence-corrected chi connectivity index (χ1v) is 11.3. The molecule has 0 unspecified atom stereocenters. The van der Waals surface area contributed by atoms with Crippen molar-refractivity contribution in [3.8, 4) is 0 Å². The number of carbonyl (C=O) groups excluding carboxylic acids is 3. The number of thiazole rings is 1. The SMILES string of the molecule is CCOC(=O)Cc1csc(NC(=O)CSc2nnc(N(C(C)=O)C3CC3)s2)n1. The first-order chi connectivity index (χ1) is 13.5. The van der Waals surface area contributed by atoms with Crippen LogP contribution in [0.25, 0.3) is 0 Å². The van der Waals surface area contributed by atoms with Gasteiger partial charge in [-0.1, -0.05) is 23.1 Å². The summed E-state index contributed by atoms with van der Waals surface area (Å²) in [6, 6.07) is 0.223. The highest BCUT2D eigenvalue weighted by atomic mass is 32.2. The maximum Gasteiger partial charge on any atom is 0.311 e. The molecule has 0 bridgehead atoms. The lowest BCUT2D eigenvalue weighted by atomic mass is 10.3. The third-order valence-electron chi connectivity index (χ3n) is 3.61. The second kappa shape index (κ2) is 9.43. The number of nitrogens with one attached hydrogen (secondary N) is 1. The van der Waals surface area contributed by atoms with Gasteiger partial charge in [-0.15, -0.1) is 21.5 Å². The number of nitrogens with zero attached hydrogens (tertiary/aromatic N) is 4. The molecule has 2 amide bonds. The van der Waals surface area contributed by atoms with Crippen molar-refractivity contribution in [2.45, 2.75) is 43.5 Å². The molecule has 0 saturated heterocycles. The van der Waals surface area contributed by atoms with Crippen LogP contribution in [-0.4, -0.2) is 51.4 Å². The fraction of sp³-hybridized carbons (Fsp3) is 0.500. The van der Waals surface area contributed by atoms with E-state index in [1.54, 1.807) is 17.2 Å². The van der Waals surface area contributed by atoms with E-state index in [9.17, 15) is 14.4 Å². The molecule has 2 aromatic heterocycles. The lowest BCUT2D eigenvalue weighted by molar-refractivity contribution is -0.142. The minimum Gasteiger partial charge on any atom is -0.466 e. The van der Waals surface area contributed by atoms with Crippen LogP contribution >= 0.6 is 34.4 Å². The summed E-state index contributed by atoms with van der Waals surface area (Å²) >= 11 is 3.81. The predicted octanol–water partition coefficient (Wildman–Crippen LogP) is 2.35. The van der Waals surface area contributed by atoms with Gasteiger partial charge in [-0.2, -0.15) is 0 Å². The van der Waals surface area contributed by atoms with Crippen LogP contribution in [0.5, 0.6) is 0 Å². The monoisotopic (exact) mass is 441 g/mol. The lowest BCUT2D eigenvalue weighted by Crippen LogP contribution is -2.30. The maximum atomic E-state index is 12.1. The topological polar surface area (TPSA) is 114 Å². The highest BCUT2D eigenvalue weighted by molar-refractivity contribution is 8.01. The van der Waals surface area contributed by atoms with Crippen molar-refractivity contribution in [2.24, 2.45) is 0 Å². The molecule has 0 spiro atoms. The van der Waals surface area contributed by atoms with E-state index >= 15 is 0 Å².